The van der Waals surface area contributed by atoms with Crippen molar-refractivity contribution in [2.75, 3.05) is 13.2 Å². The molecular weight excluding hydrogens is 282 g/mol. The van der Waals surface area contributed by atoms with E-state index in [2.05, 4.69) is 15.6 Å². The molecule has 6 nitrogen and oxygen atoms in total. The second kappa shape index (κ2) is 8.19. The van der Waals surface area contributed by atoms with E-state index < -0.39 is 0 Å². The standard InChI is InChI=1S/C16H21N3O3/c1-12(15-6-4-8-22-15)19-16(21)18-10-13(11-20)9-14-5-2-3-7-17-14/h2-8,12-13,20H,9-11H2,1H3,(H2,18,19,21). The van der Waals surface area contributed by atoms with Crippen LogP contribution in [0.5, 0.6) is 0 Å². The molecule has 2 rings (SSSR count). The topological polar surface area (TPSA) is 87.4 Å². The summed E-state index contributed by atoms with van der Waals surface area (Å²) in [7, 11) is 0. The van der Waals surface area contributed by atoms with Crippen LogP contribution in [-0.2, 0) is 6.42 Å². The van der Waals surface area contributed by atoms with Crippen molar-refractivity contribution in [1.29, 1.82) is 0 Å². The van der Waals surface area contributed by atoms with Gasteiger partial charge in [-0.2, -0.15) is 0 Å². The van der Waals surface area contributed by atoms with Crippen molar-refractivity contribution in [3.8, 4) is 0 Å². The fourth-order valence-corrected chi connectivity index (χ4v) is 2.11. The number of aliphatic hydroxyl groups excluding tert-OH is 1. The third-order valence-corrected chi connectivity index (χ3v) is 3.35. The number of rotatable bonds is 7. The van der Waals surface area contributed by atoms with E-state index >= 15 is 0 Å². The maximum Gasteiger partial charge on any atom is 0.315 e. The van der Waals surface area contributed by atoms with Gasteiger partial charge in [0.25, 0.3) is 0 Å². The normalized spacial score (nSPS) is 13.4. The van der Waals surface area contributed by atoms with Gasteiger partial charge in [0.15, 0.2) is 0 Å². The molecule has 3 N–H and O–H groups in total. The first-order valence-corrected chi connectivity index (χ1v) is 7.27. The Hall–Kier alpha value is -2.34. The lowest BCUT2D eigenvalue weighted by Crippen LogP contribution is -2.40. The van der Waals surface area contributed by atoms with Crippen molar-refractivity contribution in [2.45, 2.75) is 19.4 Å². The maximum absolute atomic E-state index is 11.9. The number of urea groups is 1. The van der Waals surface area contributed by atoms with Crippen molar-refractivity contribution in [3.63, 3.8) is 0 Å². The number of furan rings is 1. The van der Waals surface area contributed by atoms with Gasteiger partial charge in [-0.3, -0.25) is 4.98 Å². The second-order valence-electron chi connectivity index (χ2n) is 5.17. The molecule has 0 aliphatic heterocycles. The number of hydrogen-bond acceptors (Lipinski definition) is 4. The summed E-state index contributed by atoms with van der Waals surface area (Å²) in [6.45, 7) is 2.21. The Morgan fingerprint density at radius 2 is 2.23 bits per heavy atom. The predicted octanol–water partition coefficient (Wildman–Crippen LogP) is 1.89. The highest BCUT2D eigenvalue weighted by Gasteiger charge is 2.14. The Bertz CT molecular complexity index is 557. The van der Waals surface area contributed by atoms with Crippen LogP contribution in [0.2, 0.25) is 0 Å². The first-order valence-electron chi connectivity index (χ1n) is 7.27. The number of nitrogens with zero attached hydrogens (tertiary/aromatic N) is 1. The Morgan fingerprint density at radius 3 is 2.86 bits per heavy atom. The summed E-state index contributed by atoms with van der Waals surface area (Å²) in [4.78, 5) is 16.1. The fraction of sp³-hybridized carbons (Fsp3) is 0.375. The second-order valence-corrected chi connectivity index (χ2v) is 5.17. The summed E-state index contributed by atoms with van der Waals surface area (Å²) >= 11 is 0. The van der Waals surface area contributed by atoms with Crippen molar-refractivity contribution in [2.24, 2.45) is 5.92 Å². The minimum Gasteiger partial charge on any atom is -0.467 e. The predicted molar refractivity (Wildman–Crippen MR) is 82.2 cm³/mol. The number of carbonyl (C=O) groups excluding carboxylic acids is 1. The van der Waals surface area contributed by atoms with E-state index in [-0.39, 0.29) is 24.6 Å². The van der Waals surface area contributed by atoms with Crippen LogP contribution in [0.15, 0.2) is 47.2 Å². The molecule has 6 heteroatoms. The van der Waals surface area contributed by atoms with Gasteiger partial charge in [-0.25, -0.2) is 4.79 Å². The summed E-state index contributed by atoms with van der Waals surface area (Å²) in [5.74, 6) is 0.627. The molecule has 0 aliphatic carbocycles. The quantitative estimate of drug-likeness (QED) is 0.729. The minimum absolute atomic E-state index is 0.00933. The molecule has 2 aromatic rings. The highest BCUT2D eigenvalue weighted by Crippen LogP contribution is 2.11. The molecular formula is C16H21N3O3. The number of aromatic nitrogens is 1. The fourth-order valence-electron chi connectivity index (χ4n) is 2.11. The molecule has 2 amide bonds. The van der Waals surface area contributed by atoms with Crippen LogP contribution in [0.3, 0.4) is 0 Å². The Morgan fingerprint density at radius 1 is 1.36 bits per heavy atom. The summed E-state index contributed by atoms with van der Waals surface area (Å²) in [6, 6.07) is 8.74. The Balaban J connectivity index is 1.76. The highest BCUT2D eigenvalue weighted by molar-refractivity contribution is 5.74. The number of carbonyl (C=O) groups is 1. The van der Waals surface area contributed by atoms with Crippen LogP contribution in [0.4, 0.5) is 4.79 Å². The molecule has 2 aromatic heterocycles. The van der Waals surface area contributed by atoms with Gasteiger partial charge in [0.2, 0.25) is 0 Å². The van der Waals surface area contributed by atoms with E-state index in [1.807, 2.05) is 31.2 Å². The molecule has 0 aromatic carbocycles. The van der Waals surface area contributed by atoms with Gasteiger partial charge in [-0.1, -0.05) is 6.07 Å². The Kier molecular flexibility index (Phi) is 5.97. The van der Waals surface area contributed by atoms with Crippen molar-refractivity contribution in [1.82, 2.24) is 15.6 Å². The molecule has 2 heterocycles. The van der Waals surface area contributed by atoms with E-state index in [1.165, 1.54) is 0 Å². The summed E-state index contributed by atoms with van der Waals surface area (Å²) in [5, 5.41) is 15.0. The number of pyridine rings is 1. The average Bonchev–Trinajstić information content (AvgIpc) is 3.07. The molecule has 0 saturated carbocycles. The van der Waals surface area contributed by atoms with Crippen molar-refractivity contribution < 1.29 is 14.3 Å². The third-order valence-electron chi connectivity index (χ3n) is 3.35. The molecule has 0 radical (unpaired) electrons. The van der Waals surface area contributed by atoms with Crippen molar-refractivity contribution >= 4 is 6.03 Å². The smallest absolute Gasteiger partial charge is 0.315 e. The molecule has 0 aliphatic rings. The van der Waals surface area contributed by atoms with Crippen molar-refractivity contribution in [3.05, 3.63) is 54.2 Å². The van der Waals surface area contributed by atoms with E-state index in [4.69, 9.17) is 4.42 Å². The summed E-state index contributed by atoms with van der Waals surface area (Å²) < 4.78 is 5.23. The molecule has 0 saturated heterocycles. The maximum atomic E-state index is 11.9. The molecule has 2 unspecified atom stereocenters. The Labute approximate surface area is 129 Å². The van der Waals surface area contributed by atoms with Gasteiger partial charge >= 0.3 is 6.03 Å². The van der Waals surface area contributed by atoms with Gasteiger partial charge in [0, 0.05) is 31.0 Å². The molecule has 0 bridgehead atoms. The largest absolute Gasteiger partial charge is 0.467 e. The number of hydrogen-bond donors (Lipinski definition) is 3. The lowest BCUT2D eigenvalue weighted by molar-refractivity contribution is 0.211. The van der Waals surface area contributed by atoms with Gasteiger partial charge in [-0.05, 0) is 37.6 Å². The SMILES string of the molecule is CC(NC(=O)NCC(CO)Cc1ccccn1)c1ccco1. The first-order chi connectivity index (χ1) is 10.7. The van der Waals surface area contributed by atoms with Gasteiger partial charge < -0.3 is 20.2 Å². The van der Waals surface area contributed by atoms with Crippen LogP contribution in [0, 0.1) is 5.92 Å². The first kappa shape index (κ1) is 16.0. The summed E-state index contributed by atoms with van der Waals surface area (Å²) in [6.07, 6.45) is 3.90. The lowest BCUT2D eigenvalue weighted by atomic mass is 10.0. The van der Waals surface area contributed by atoms with Crippen LogP contribution >= 0.6 is 0 Å². The van der Waals surface area contributed by atoms with Gasteiger partial charge in [0.05, 0.1) is 12.3 Å². The monoisotopic (exact) mass is 303 g/mol. The molecule has 0 spiro atoms. The van der Waals surface area contributed by atoms with Gasteiger partial charge in [-0.15, -0.1) is 0 Å². The zero-order valence-corrected chi connectivity index (χ0v) is 12.5. The van der Waals surface area contributed by atoms with Crippen LogP contribution in [-0.4, -0.2) is 29.3 Å². The van der Waals surface area contributed by atoms with Crippen LogP contribution in [0.25, 0.3) is 0 Å². The molecule has 22 heavy (non-hydrogen) atoms. The molecule has 0 fully saturated rings. The zero-order valence-electron chi connectivity index (χ0n) is 12.5. The van der Waals surface area contributed by atoms with E-state index in [1.54, 1.807) is 18.5 Å². The number of amides is 2. The number of aliphatic hydroxyl groups is 1. The molecule has 2 atom stereocenters. The third kappa shape index (κ3) is 4.89. The van der Waals surface area contributed by atoms with Crippen LogP contribution < -0.4 is 10.6 Å². The zero-order chi connectivity index (χ0) is 15.8. The van der Waals surface area contributed by atoms with E-state index in [9.17, 15) is 9.90 Å². The van der Waals surface area contributed by atoms with E-state index in [0.717, 1.165) is 5.69 Å². The molecule has 118 valence electrons. The lowest BCUT2D eigenvalue weighted by Gasteiger charge is -2.17. The van der Waals surface area contributed by atoms with Gasteiger partial charge in [0.1, 0.15) is 5.76 Å². The minimum atomic E-state index is -0.289. The van der Waals surface area contributed by atoms with E-state index in [0.29, 0.717) is 18.7 Å². The average molecular weight is 303 g/mol. The van der Waals surface area contributed by atoms with Crippen LogP contribution in [0.1, 0.15) is 24.4 Å². The number of nitrogens with one attached hydrogen (secondary N) is 2. The highest BCUT2D eigenvalue weighted by atomic mass is 16.3. The summed E-state index contributed by atoms with van der Waals surface area (Å²) in [5.41, 5.74) is 0.896.